The van der Waals surface area contributed by atoms with Crippen LogP contribution in [-0.4, -0.2) is 69.5 Å². The van der Waals surface area contributed by atoms with E-state index < -0.39 is 60.3 Å². The van der Waals surface area contributed by atoms with Crippen molar-refractivity contribution in [2.45, 2.75) is 62.5 Å². The Morgan fingerprint density at radius 1 is 0.500 bits per heavy atom. The smallest absolute Gasteiger partial charge is 0.417 e. The number of hydrogen-bond acceptors (Lipinski definition) is 16. The number of hydrogen-bond donors (Lipinski definition) is 10. The Labute approximate surface area is 658 Å². The maximum absolute atomic E-state index is 12.2. The number of carbonyl (C=O) groups is 5. The van der Waals surface area contributed by atoms with Crippen LogP contribution in [0.1, 0.15) is 86.9 Å². The Morgan fingerprint density at radius 2 is 0.898 bits per heavy atom. The molecule has 10 rings (SSSR count). The standard InChI is InChI=1S/C21H19ClN4O3.C14H13ClN2O2.C8H3ClF3NO.C7H5ClF3N.C7H7ClN2O.C7H6ClNO2.C6H7NO.4CH4/c1-13-11-15(5-8-18(13)22)26-21(28)25-14-3-6-16(7-4-14)29-17-9-10-24-19(12-17)20(27)23-2;1-9-8-11(4-7-13(9)15)17-14(19)16-10-2-5-12(18)6-3-10;9-7-2-1-5(14-4-13)3-6(7)8(10,11)12;8-6-2-1-4(12)3-5(6)7(9,10)11;1-9-7(11)6-4-5(8)2-3-10-6;8-6-1-2-9-7(3-6)4-11-5-10;7-5-1-3-6(8)4-2-5;;;;/h3-12H,1-2H3,(H,23,27)(H2,25,26,28);2-8,18H,1H3,(H2,16,17,19);1-3H;1-3H,12H2;2-4H,1H3,(H,9,11);1-3,5H,4H2;1-4,8H,7H2;4*1H4/i2D3;;;;1D3;;;;;;. The minimum Gasteiger partial charge on any atom is -0.508 e. The van der Waals surface area contributed by atoms with Gasteiger partial charge in [0.15, 0.2) is 0 Å². The van der Waals surface area contributed by atoms with Gasteiger partial charge in [-0.2, -0.15) is 26.3 Å². The first-order chi connectivity index (χ1) is 51.5. The molecule has 0 fully saturated rings. The van der Waals surface area contributed by atoms with Crippen molar-refractivity contribution in [1.29, 1.82) is 5.26 Å². The number of phenolic OH excluding ortho intramolecular Hbond substituents is 2. The molecule has 0 atom stereocenters. The number of nitrogens with two attached hydrogens (primary N) is 2. The molecule has 0 aliphatic carbocycles. The van der Waals surface area contributed by atoms with Crippen molar-refractivity contribution in [3.63, 3.8) is 0 Å². The van der Waals surface area contributed by atoms with E-state index in [1.807, 2.05) is 19.2 Å². The van der Waals surface area contributed by atoms with Gasteiger partial charge >= 0.3 is 24.4 Å². The van der Waals surface area contributed by atoms with E-state index >= 15 is 0 Å². The average molecular weight is 1630 g/mol. The number of nitriles is 1. The number of anilines is 6. The molecule has 0 aliphatic heterocycles. The third-order valence-corrected chi connectivity index (χ3v) is 14.1. The number of ether oxygens (including phenoxy) is 3. The Kier molecular flexibility index (Phi) is 38.5. The zero-order valence-corrected chi connectivity index (χ0v) is 58.0. The highest BCUT2D eigenvalue weighted by Crippen LogP contribution is 2.38. The van der Waals surface area contributed by atoms with Crippen LogP contribution in [0.3, 0.4) is 0 Å². The molecule has 0 spiro atoms. The molecule has 0 saturated carbocycles. The number of nitrogens with one attached hydrogen (secondary N) is 6. The molecule has 0 aliphatic rings. The first kappa shape index (κ1) is 85.5. The third-order valence-electron chi connectivity index (χ3n) is 12.1. The van der Waals surface area contributed by atoms with E-state index in [2.05, 4.69) is 45.7 Å². The van der Waals surface area contributed by atoms with Crippen molar-refractivity contribution < 1.29 is 83.0 Å². The Morgan fingerprint density at radius 3 is 1.33 bits per heavy atom. The summed E-state index contributed by atoms with van der Waals surface area (Å²) in [5.41, 5.74) is 14.0. The third kappa shape index (κ3) is 36.0. The monoisotopic (exact) mass is 1620 g/mol. The predicted octanol–water partition coefficient (Wildman–Crippen LogP) is 21.0. The number of halogens is 12. The van der Waals surface area contributed by atoms with Gasteiger partial charge in [-0.05, 0) is 201 Å². The summed E-state index contributed by atoms with van der Waals surface area (Å²) in [5, 5.41) is 41.8. The number of alkyl halides is 6. The zero-order chi connectivity index (χ0) is 82.1. The van der Waals surface area contributed by atoms with Crippen molar-refractivity contribution in [2.24, 2.45) is 0 Å². The number of amides is 6. The van der Waals surface area contributed by atoms with E-state index in [0.717, 1.165) is 29.3 Å². The van der Waals surface area contributed by atoms with E-state index in [0.29, 0.717) is 78.3 Å². The van der Waals surface area contributed by atoms with Crippen LogP contribution in [0.15, 0.2) is 201 Å². The van der Waals surface area contributed by atoms with Gasteiger partial charge < -0.3 is 67.8 Å². The molecule has 108 heavy (non-hydrogen) atoms. The molecule has 7 aromatic carbocycles. The van der Waals surface area contributed by atoms with Gasteiger partial charge in [-0.15, -0.1) is 5.26 Å². The number of aryl methyl sites for hydroxylation is 2. The molecule has 12 N–H and O–H groups in total. The molecule has 0 saturated heterocycles. The molecule has 576 valence electrons. The van der Waals surface area contributed by atoms with Crippen LogP contribution in [0.5, 0.6) is 28.7 Å². The van der Waals surface area contributed by atoms with E-state index in [1.54, 1.807) is 121 Å². The molecule has 34 heteroatoms. The first-order valence-electron chi connectivity index (χ1n) is 31.7. The summed E-state index contributed by atoms with van der Waals surface area (Å²) in [4.78, 5) is 68.3. The van der Waals surface area contributed by atoms with Crippen molar-refractivity contribution >= 4 is 134 Å². The van der Waals surface area contributed by atoms with Gasteiger partial charge in [0.1, 0.15) is 46.7 Å². The summed E-state index contributed by atoms with van der Waals surface area (Å²) in [7, 11) is 0. The zero-order valence-electron chi connectivity index (χ0n) is 59.5. The van der Waals surface area contributed by atoms with Crippen molar-refractivity contribution in [3.8, 4) is 35.0 Å². The van der Waals surface area contributed by atoms with Gasteiger partial charge in [-0.3, -0.25) is 29.3 Å². The Hall–Kier alpha value is -11.5. The summed E-state index contributed by atoms with van der Waals surface area (Å²) in [5.74, 6) is -0.656. The predicted molar refractivity (Wildman–Crippen MR) is 416 cm³/mol. The molecular weight excluding hydrogens is 1540 g/mol. The van der Waals surface area contributed by atoms with Gasteiger partial charge in [0, 0.05) is 101 Å². The lowest BCUT2D eigenvalue weighted by Crippen LogP contribution is -2.19. The summed E-state index contributed by atoms with van der Waals surface area (Å²) in [6.45, 7) is -0.869. The number of pyridine rings is 3. The lowest BCUT2D eigenvalue weighted by molar-refractivity contribution is -0.138. The number of rotatable bonds is 12. The number of aromatic nitrogens is 3. The second-order valence-corrected chi connectivity index (χ2v) is 22.4. The van der Waals surface area contributed by atoms with Crippen LogP contribution in [0, 0.1) is 25.4 Å². The fourth-order valence-corrected chi connectivity index (χ4v) is 8.32. The number of phenols is 2. The molecule has 0 unspecified atom stereocenters. The van der Waals surface area contributed by atoms with Crippen LogP contribution in [0.4, 0.5) is 70.1 Å². The van der Waals surface area contributed by atoms with Gasteiger partial charge in [-0.1, -0.05) is 99.3 Å². The largest absolute Gasteiger partial charge is 0.508 e. The number of urea groups is 2. The molecule has 22 nitrogen and oxygen atoms in total. The van der Waals surface area contributed by atoms with Crippen LogP contribution >= 0.6 is 69.6 Å². The quantitative estimate of drug-likeness (QED) is 0.0179. The lowest BCUT2D eigenvalue weighted by Gasteiger charge is -2.10. The van der Waals surface area contributed by atoms with Gasteiger partial charge in [0.05, 0.1) is 26.9 Å². The summed E-state index contributed by atoms with van der Waals surface area (Å²) in [6.07, 6.45) is -3.49. The minimum atomic E-state index is -4.55. The summed E-state index contributed by atoms with van der Waals surface area (Å²) >= 11 is 33.8. The second kappa shape index (κ2) is 48.6. The highest BCUT2D eigenvalue weighted by Gasteiger charge is 2.34. The Bertz CT molecular complexity index is 4760. The molecule has 6 amide bonds. The highest BCUT2D eigenvalue weighted by atomic mass is 35.5. The average Bonchev–Trinajstić information content (AvgIpc) is 0.834. The SMILES string of the molecule is C.C.C.C.Cc1cc(NC(=O)Nc2ccc(O)cc2)ccc1Cl.N#COc1ccc(Cl)c(C(F)(F)F)c1.Nc1ccc(Cl)c(C(F)(F)F)c1.Nc1ccc(O)cc1.O=COCc1cc(Cl)ccn1.[2H]C([2H])([2H])NC(=O)c1cc(Cl)ccn1.[2H]C([2H])([2H])NC(=O)c1cc(Oc2ccc(NC(=O)Nc3ccc(Cl)c(C)c3)cc2)ccn1. The number of nitrogen functional groups attached to an aromatic ring is 2. The number of benzene rings is 7. The normalized spacial score (nSPS) is 10.8. The molecule has 3 aromatic heterocycles. The van der Waals surface area contributed by atoms with Crippen LogP contribution in [-0.2, 0) is 28.5 Å². The Balaban J connectivity index is 0.00000136. The van der Waals surface area contributed by atoms with E-state index in [-0.39, 0.29) is 81.7 Å². The molecular formula is C74H76Cl6F6N12O10. The molecule has 10 aromatic rings. The molecule has 0 bridgehead atoms. The van der Waals surface area contributed by atoms with Crippen molar-refractivity contribution in [3.05, 3.63) is 270 Å². The van der Waals surface area contributed by atoms with Gasteiger partial charge in [-0.25, -0.2) is 9.59 Å². The lowest BCUT2D eigenvalue weighted by atomic mass is 10.2. The number of nitrogens with zero attached hydrogens (tertiary/aromatic N) is 4. The van der Waals surface area contributed by atoms with Crippen LogP contribution in [0.2, 0.25) is 30.1 Å². The topological polar surface area (TPSA) is 340 Å². The molecule has 3 heterocycles. The minimum absolute atomic E-state index is 0. The number of carbonyl (C=O) groups excluding carboxylic acids is 5. The van der Waals surface area contributed by atoms with Crippen molar-refractivity contribution in [1.82, 2.24) is 25.6 Å². The molecule has 0 radical (unpaired) electrons. The van der Waals surface area contributed by atoms with E-state index in [1.165, 1.54) is 67.2 Å². The van der Waals surface area contributed by atoms with Gasteiger partial charge in [0.25, 0.3) is 24.5 Å². The van der Waals surface area contributed by atoms with Crippen LogP contribution in [0.25, 0.3) is 0 Å². The summed E-state index contributed by atoms with van der Waals surface area (Å²) in [6, 6.07) is 43.9. The van der Waals surface area contributed by atoms with Crippen LogP contribution < -0.4 is 52.8 Å². The fraction of sp³-hybridized carbons (Fsp3) is 0.149. The fourth-order valence-electron chi connectivity index (χ4n) is 7.29. The number of aromatic hydroxyl groups is 2. The summed E-state index contributed by atoms with van der Waals surface area (Å²) < 4.78 is 129. The maximum Gasteiger partial charge on any atom is 0.417 e. The van der Waals surface area contributed by atoms with E-state index in [4.69, 9.17) is 110 Å². The van der Waals surface area contributed by atoms with Gasteiger partial charge in [0.2, 0.25) is 0 Å². The second-order valence-electron chi connectivity index (χ2n) is 19.9. The van der Waals surface area contributed by atoms with E-state index in [9.17, 15) is 50.3 Å². The highest BCUT2D eigenvalue weighted by molar-refractivity contribution is 6.33. The first-order valence-corrected chi connectivity index (χ1v) is 31.0. The van der Waals surface area contributed by atoms with Crippen molar-refractivity contribution in [2.75, 3.05) is 46.7 Å². The maximum atomic E-state index is 12.2.